The van der Waals surface area contributed by atoms with E-state index in [0.717, 1.165) is 31.2 Å². The summed E-state index contributed by atoms with van der Waals surface area (Å²) in [5, 5.41) is 0. The quantitative estimate of drug-likeness (QED) is 0.783. The summed E-state index contributed by atoms with van der Waals surface area (Å²) < 4.78 is 5.50. The van der Waals surface area contributed by atoms with Crippen molar-refractivity contribution in [3.63, 3.8) is 0 Å². The van der Waals surface area contributed by atoms with Gasteiger partial charge in [-0.15, -0.1) is 0 Å². The molecule has 22 heavy (non-hydrogen) atoms. The second kappa shape index (κ2) is 7.56. The molecule has 0 aliphatic heterocycles. The summed E-state index contributed by atoms with van der Waals surface area (Å²) in [5.41, 5.74) is 3.67. The van der Waals surface area contributed by atoms with Gasteiger partial charge in [-0.05, 0) is 32.3 Å². The van der Waals surface area contributed by atoms with Crippen LogP contribution in [0.5, 0.6) is 0 Å². The van der Waals surface area contributed by atoms with Crippen molar-refractivity contribution < 1.29 is 4.42 Å². The van der Waals surface area contributed by atoms with E-state index >= 15 is 0 Å². The second-order valence-electron chi connectivity index (χ2n) is 6.56. The molecular formula is C18H27N3O. The summed E-state index contributed by atoms with van der Waals surface area (Å²) >= 11 is 0. The third kappa shape index (κ3) is 4.97. The lowest BCUT2D eigenvalue weighted by molar-refractivity contribution is 0.314. The van der Waals surface area contributed by atoms with Gasteiger partial charge in [-0.2, -0.15) is 0 Å². The normalized spacial score (nSPS) is 11.8. The predicted octanol–water partition coefficient (Wildman–Crippen LogP) is 3.49. The van der Waals surface area contributed by atoms with Crippen molar-refractivity contribution in [1.29, 1.82) is 0 Å². The van der Waals surface area contributed by atoms with Crippen LogP contribution in [0.15, 0.2) is 34.9 Å². The highest BCUT2D eigenvalue weighted by Crippen LogP contribution is 2.15. The molecule has 0 aliphatic carbocycles. The molecule has 0 saturated carbocycles. The lowest BCUT2D eigenvalue weighted by Gasteiger charge is -2.16. The van der Waals surface area contributed by atoms with E-state index in [1.165, 1.54) is 11.1 Å². The molecule has 0 amide bonds. The van der Waals surface area contributed by atoms with Crippen LogP contribution in [0.4, 0.5) is 0 Å². The molecule has 1 aromatic carbocycles. The Bertz CT molecular complexity index is 590. The van der Waals surface area contributed by atoms with Crippen molar-refractivity contribution in [2.75, 3.05) is 21.1 Å². The topological polar surface area (TPSA) is 32.5 Å². The fourth-order valence-corrected chi connectivity index (χ4v) is 2.50. The van der Waals surface area contributed by atoms with Gasteiger partial charge in [0.05, 0.1) is 5.69 Å². The summed E-state index contributed by atoms with van der Waals surface area (Å²) in [6.07, 6.45) is 1.77. The molecule has 0 N–H and O–H groups in total. The summed E-state index contributed by atoms with van der Waals surface area (Å²) in [5.74, 6) is 1.15. The highest BCUT2D eigenvalue weighted by Gasteiger charge is 2.10. The van der Waals surface area contributed by atoms with E-state index in [2.05, 4.69) is 74.0 Å². The van der Waals surface area contributed by atoms with E-state index in [1.54, 1.807) is 6.26 Å². The first-order chi connectivity index (χ1) is 10.4. The fourth-order valence-electron chi connectivity index (χ4n) is 2.50. The van der Waals surface area contributed by atoms with Crippen molar-refractivity contribution in [3.05, 3.63) is 53.2 Å². The molecule has 2 rings (SSSR count). The maximum atomic E-state index is 5.50. The molecule has 1 heterocycles. The number of nitrogens with zero attached hydrogens (tertiary/aromatic N) is 3. The molecule has 4 nitrogen and oxygen atoms in total. The number of oxazole rings is 1. The third-order valence-corrected chi connectivity index (χ3v) is 3.44. The molecule has 0 radical (unpaired) electrons. The summed E-state index contributed by atoms with van der Waals surface area (Å²) in [6, 6.07) is 8.77. The Morgan fingerprint density at radius 2 is 1.73 bits per heavy atom. The molecule has 0 fully saturated rings. The van der Waals surface area contributed by atoms with Gasteiger partial charge < -0.3 is 9.32 Å². The Hall–Kier alpha value is -1.65. The average molecular weight is 301 g/mol. The minimum Gasteiger partial charge on any atom is -0.448 e. The van der Waals surface area contributed by atoms with Gasteiger partial charge in [-0.1, -0.05) is 38.1 Å². The van der Waals surface area contributed by atoms with Gasteiger partial charge in [-0.25, -0.2) is 4.98 Å². The zero-order valence-corrected chi connectivity index (χ0v) is 14.3. The smallest absolute Gasteiger partial charge is 0.196 e. The Morgan fingerprint density at radius 3 is 2.32 bits per heavy atom. The Balaban J connectivity index is 1.94. The van der Waals surface area contributed by atoms with Crippen molar-refractivity contribution in [1.82, 2.24) is 14.8 Å². The Labute approximate surface area is 133 Å². The first-order valence-electron chi connectivity index (χ1n) is 7.79. The standard InChI is InChI=1S/C18H27N3O/c1-14(2)18-19-17(13-22-18)12-21(5)11-16-8-6-7-15(9-16)10-20(3)4/h6-9,13-14H,10-12H2,1-5H3. The maximum Gasteiger partial charge on any atom is 0.196 e. The average Bonchev–Trinajstić information content (AvgIpc) is 2.86. The number of benzene rings is 1. The van der Waals surface area contributed by atoms with Gasteiger partial charge >= 0.3 is 0 Å². The van der Waals surface area contributed by atoms with Gasteiger partial charge in [0.25, 0.3) is 0 Å². The molecule has 0 aliphatic rings. The number of hydrogen-bond acceptors (Lipinski definition) is 4. The van der Waals surface area contributed by atoms with Gasteiger partial charge in [-0.3, -0.25) is 4.90 Å². The van der Waals surface area contributed by atoms with Gasteiger partial charge in [0, 0.05) is 25.6 Å². The monoisotopic (exact) mass is 301 g/mol. The van der Waals surface area contributed by atoms with Crippen molar-refractivity contribution in [3.8, 4) is 0 Å². The largest absolute Gasteiger partial charge is 0.448 e. The van der Waals surface area contributed by atoms with E-state index in [0.29, 0.717) is 5.92 Å². The minimum absolute atomic E-state index is 0.335. The van der Waals surface area contributed by atoms with E-state index in [9.17, 15) is 0 Å². The molecule has 2 aromatic rings. The lowest BCUT2D eigenvalue weighted by Crippen LogP contribution is -2.18. The molecule has 0 unspecified atom stereocenters. The molecule has 4 heteroatoms. The number of aromatic nitrogens is 1. The van der Waals surface area contributed by atoms with Crippen LogP contribution in [0.1, 0.15) is 42.5 Å². The van der Waals surface area contributed by atoms with Crippen LogP contribution >= 0.6 is 0 Å². The molecule has 0 atom stereocenters. The van der Waals surface area contributed by atoms with Crippen molar-refractivity contribution in [2.45, 2.75) is 39.4 Å². The van der Waals surface area contributed by atoms with Crippen LogP contribution in [-0.2, 0) is 19.6 Å². The SMILES string of the molecule is CC(C)c1nc(CN(C)Cc2cccc(CN(C)C)c2)co1. The van der Waals surface area contributed by atoms with E-state index in [4.69, 9.17) is 4.42 Å². The van der Waals surface area contributed by atoms with Crippen LogP contribution in [0.25, 0.3) is 0 Å². The zero-order chi connectivity index (χ0) is 16.1. The number of rotatable bonds is 7. The highest BCUT2D eigenvalue weighted by atomic mass is 16.3. The first kappa shape index (κ1) is 16.7. The number of hydrogen-bond donors (Lipinski definition) is 0. The molecule has 0 bridgehead atoms. The van der Waals surface area contributed by atoms with Crippen LogP contribution in [0.2, 0.25) is 0 Å². The highest BCUT2D eigenvalue weighted by molar-refractivity contribution is 5.23. The van der Waals surface area contributed by atoms with E-state index < -0.39 is 0 Å². The molecular weight excluding hydrogens is 274 g/mol. The fraction of sp³-hybridized carbons (Fsp3) is 0.500. The molecule has 1 aromatic heterocycles. The molecule has 0 saturated heterocycles. The summed E-state index contributed by atoms with van der Waals surface area (Å²) in [7, 11) is 6.30. The maximum absolute atomic E-state index is 5.50. The minimum atomic E-state index is 0.335. The second-order valence-corrected chi connectivity index (χ2v) is 6.56. The Morgan fingerprint density at radius 1 is 1.05 bits per heavy atom. The third-order valence-electron chi connectivity index (χ3n) is 3.44. The van der Waals surface area contributed by atoms with Crippen LogP contribution < -0.4 is 0 Å². The van der Waals surface area contributed by atoms with E-state index in [-0.39, 0.29) is 0 Å². The van der Waals surface area contributed by atoms with Gasteiger partial charge in [0.2, 0.25) is 0 Å². The lowest BCUT2D eigenvalue weighted by atomic mass is 10.1. The van der Waals surface area contributed by atoms with Crippen LogP contribution in [-0.4, -0.2) is 35.9 Å². The van der Waals surface area contributed by atoms with Crippen molar-refractivity contribution >= 4 is 0 Å². The van der Waals surface area contributed by atoms with Crippen LogP contribution in [0.3, 0.4) is 0 Å². The summed E-state index contributed by atoms with van der Waals surface area (Å²) in [6.45, 7) is 6.86. The van der Waals surface area contributed by atoms with E-state index in [1.807, 2.05) is 0 Å². The van der Waals surface area contributed by atoms with Crippen molar-refractivity contribution in [2.24, 2.45) is 0 Å². The van der Waals surface area contributed by atoms with Gasteiger partial charge in [0.15, 0.2) is 5.89 Å². The van der Waals surface area contributed by atoms with Crippen LogP contribution in [0, 0.1) is 0 Å². The first-order valence-corrected chi connectivity index (χ1v) is 7.79. The summed E-state index contributed by atoms with van der Waals surface area (Å²) in [4.78, 5) is 8.98. The predicted molar refractivity (Wildman–Crippen MR) is 89.6 cm³/mol. The van der Waals surface area contributed by atoms with Gasteiger partial charge in [0.1, 0.15) is 6.26 Å². The zero-order valence-electron chi connectivity index (χ0n) is 14.3. The molecule has 120 valence electrons. The Kier molecular flexibility index (Phi) is 5.75. The molecule has 0 spiro atoms.